The predicted octanol–water partition coefficient (Wildman–Crippen LogP) is 12.3. The number of carbonyl (C=O) groups excluding carboxylic acids is 1. The molecule has 0 atom stereocenters. The number of carbonyl (C=O) groups is 1. The third kappa shape index (κ3) is 23.2. The van der Waals surface area contributed by atoms with Crippen LogP contribution in [-0.4, -0.2) is 5.78 Å². The van der Waals surface area contributed by atoms with Crippen molar-refractivity contribution in [2.45, 2.75) is 121 Å². The normalized spacial score (nSPS) is 9.58. The van der Waals surface area contributed by atoms with Crippen LogP contribution in [0.25, 0.3) is 0 Å². The first kappa shape index (κ1) is 40.6. The maximum Gasteiger partial charge on any atom is 0.126 e. The van der Waals surface area contributed by atoms with E-state index in [4.69, 9.17) is 0 Å². The third-order valence-corrected chi connectivity index (χ3v) is 6.68. The smallest absolute Gasteiger partial charge is 0.126 e. The zero-order valence-electron chi connectivity index (χ0n) is 26.8. The molecule has 0 amide bonds. The largest absolute Gasteiger partial charge is 0.300 e. The van der Waals surface area contributed by atoms with Gasteiger partial charge in [0.25, 0.3) is 0 Å². The lowest BCUT2D eigenvalue weighted by molar-refractivity contribution is -0.114. The van der Waals surface area contributed by atoms with Crippen LogP contribution >= 0.6 is 15.9 Å². The van der Waals surface area contributed by atoms with Gasteiger partial charge in [-0.25, -0.2) is 0 Å². The van der Waals surface area contributed by atoms with Gasteiger partial charge in [-0.15, -0.1) is 6.58 Å². The number of halogens is 1. The number of ketones is 1. The zero-order chi connectivity index (χ0) is 30.1. The van der Waals surface area contributed by atoms with Crippen molar-refractivity contribution < 1.29 is 4.79 Å². The van der Waals surface area contributed by atoms with Gasteiger partial charge in [-0.2, -0.15) is 0 Å². The number of aryl methyl sites for hydroxylation is 3. The molecule has 0 bridgehead atoms. The van der Waals surface area contributed by atoms with Crippen LogP contribution in [0.1, 0.15) is 118 Å². The summed E-state index contributed by atoms with van der Waals surface area (Å²) in [5.74, 6) is 0.167. The fourth-order valence-corrected chi connectivity index (χ4v) is 4.34. The molecule has 0 spiro atoms. The molecule has 216 valence electrons. The highest BCUT2D eigenvalue weighted by molar-refractivity contribution is 9.10. The lowest BCUT2D eigenvalue weighted by atomic mass is 9.72. The van der Waals surface area contributed by atoms with Gasteiger partial charge < -0.3 is 4.79 Å². The van der Waals surface area contributed by atoms with Crippen molar-refractivity contribution >= 4 is 21.7 Å². The van der Waals surface area contributed by atoms with E-state index in [1.165, 1.54) is 78.3 Å². The lowest BCUT2D eigenvalue weighted by Crippen LogP contribution is -2.20. The van der Waals surface area contributed by atoms with Crippen LogP contribution in [0.3, 0.4) is 0 Å². The van der Waals surface area contributed by atoms with Gasteiger partial charge in [0.15, 0.2) is 0 Å². The second-order valence-corrected chi connectivity index (χ2v) is 11.2. The number of hydrogen-bond acceptors (Lipinski definition) is 1. The summed E-state index contributed by atoms with van der Waals surface area (Å²) in [5.41, 5.74) is 7.13. The summed E-state index contributed by atoms with van der Waals surface area (Å²) < 4.78 is 1.22. The van der Waals surface area contributed by atoms with E-state index in [0.717, 1.165) is 12.8 Å². The summed E-state index contributed by atoms with van der Waals surface area (Å²) in [6, 6.07) is 16.9. The van der Waals surface area contributed by atoms with Crippen LogP contribution in [0.5, 0.6) is 0 Å². The van der Waals surface area contributed by atoms with Crippen LogP contribution in [0.15, 0.2) is 77.3 Å². The lowest BCUT2D eigenvalue weighted by Gasteiger charge is -2.33. The van der Waals surface area contributed by atoms with Gasteiger partial charge in [-0.3, -0.25) is 0 Å². The minimum atomic E-state index is 0.167. The van der Waals surface area contributed by atoms with E-state index >= 15 is 0 Å². The van der Waals surface area contributed by atoms with E-state index in [1.807, 2.05) is 19.9 Å². The monoisotopic (exact) mass is 586 g/mol. The van der Waals surface area contributed by atoms with Crippen molar-refractivity contribution in [2.75, 3.05) is 0 Å². The van der Waals surface area contributed by atoms with Crippen molar-refractivity contribution in [3.63, 3.8) is 0 Å². The molecule has 2 aromatic carbocycles. The van der Waals surface area contributed by atoms with E-state index in [2.05, 4.69) is 120 Å². The van der Waals surface area contributed by atoms with Gasteiger partial charge in [-0.05, 0) is 96.3 Å². The standard InChI is InChI=1S/C12H24.C9H12.C8H9Br.C4H8.C3H6O/c1-6-9-12(8-3,10-7-2)11(4)5;1-3-9-6-4-8(2)5-7-9;1-2-7-5-3-4-6-8(7)9;1-4(2)3;1-3(2)4/h4,6-10H2,1-3,5H3;4-7H,3H2,1-2H3;3-6H,2H2,1H3;1H2,2-3H3;1-2H3. The van der Waals surface area contributed by atoms with Crippen LogP contribution in [-0.2, 0) is 17.6 Å². The minimum absolute atomic E-state index is 0.167. The number of allylic oxidation sites excluding steroid dienone is 2. The van der Waals surface area contributed by atoms with Crippen LogP contribution in [0.4, 0.5) is 0 Å². The predicted molar refractivity (Wildman–Crippen MR) is 178 cm³/mol. The van der Waals surface area contributed by atoms with Crippen molar-refractivity contribution in [2.24, 2.45) is 5.41 Å². The molecule has 2 heteroatoms. The minimum Gasteiger partial charge on any atom is -0.300 e. The Morgan fingerprint density at radius 1 is 0.763 bits per heavy atom. The highest BCUT2D eigenvalue weighted by atomic mass is 79.9. The molecule has 38 heavy (non-hydrogen) atoms. The Morgan fingerprint density at radius 2 is 1.18 bits per heavy atom. The molecule has 1 nitrogen and oxygen atoms in total. The Balaban J connectivity index is -0.000000427. The molecular weight excluding hydrogens is 528 g/mol. The highest BCUT2D eigenvalue weighted by Crippen LogP contribution is 2.39. The molecule has 0 radical (unpaired) electrons. The first-order chi connectivity index (χ1) is 17.8. The van der Waals surface area contributed by atoms with E-state index in [0.29, 0.717) is 5.41 Å². The van der Waals surface area contributed by atoms with E-state index < -0.39 is 0 Å². The molecule has 0 heterocycles. The van der Waals surface area contributed by atoms with Gasteiger partial charge in [0.05, 0.1) is 0 Å². The molecule has 0 saturated carbocycles. The van der Waals surface area contributed by atoms with Gasteiger partial charge in [0, 0.05) is 4.47 Å². The molecule has 0 aliphatic rings. The Hall–Kier alpha value is -1.93. The molecule has 2 aromatic rings. The van der Waals surface area contributed by atoms with Crippen LogP contribution < -0.4 is 0 Å². The fourth-order valence-electron chi connectivity index (χ4n) is 3.77. The Labute approximate surface area is 246 Å². The number of hydrogen-bond donors (Lipinski definition) is 0. The second kappa shape index (κ2) is 25.4. The second-order valence-electron chi connectivity index (χ2n) is 10.3. The quantitative estimate of drug-likeness (QED) is 0.281. The molecule has 0 aliphatic carbocycles. The summed E-state index contributed by atoms with van der Waals surface area (Å²) >= 11 is 3.46. The fraction of sp³-hybridized carbons (Fsp3) is 0.528. The summed E-state index contributed by atoms with van der Waals surface area (Å²) in [6.07, 6.45) is 8.67. The molecule has 2 rings (SSSR count). The maximum absolute atomic E-state index is 9.44. The summed E-state index contributed by atoms with van der Waals surface area (Å²) in [6.45, 7) is 30.1. The highest BCUT2D eigenvalue weighted by Gasteiger charge is 2.26. The zero-order valence-corrected chi connectivity index (χ0v) is 28.4. The molecule has 0 aromatic heterocycles. The van der Waals surface area contributed by atoms with Crippen LogP contribution in [0.2, 0.25) is 0 Å². The van der Waals surface area contributed by atoms with E-state index in [-0.39, 0.29) is 5.78 Å². The molecular formula is C36H59BrO. The van der Waals surface area contributed by atoms with Crippen molar-refractivity contribution in [1.29, 1.82) is 0 Å². The summed E-state index contributed by atoms with van der Waals surface area (Å²) in [7, 11) is 0. The maximum atomic E-state index is 9.44. The molecule has 0 unspecified atom stereocenters. The van der Waals surface area contributed by atoms with Crippen molar-refractivity contribution in [3.05, 3.63) is 94.0 Å². The first-order valence-corrected chi connectivity index (χ1v) is 15.1. The van der Waals surface area contributed by atoms with Gasteiger partial charge in [0.1, 0.15) is 5.78 Å². The molecule has 0 fully saturated rings. The number of rotatable bonds is 8. The Bertz CT molecular complexity index is 850. The van der Waals surface area contributed by atoms with Gasteiger partial charge in [0.2, 0.25) is 0 Å². The molecule has 0 aliphatic heterocycles. The molecule has 0 saturated heterocycles. The van der Waals surface area contributed by atoms with Gasteiger partial charge >= 0.3 is 0 Å². The van der Waals surface area contributed by atoms with Crippen molar-refractivity contribution in [1.82, 2.24) is 0 Å². The van der Waals surface area contributed by atoms with Crippen molar-refractivity contribution in [3.8, 4) is 0 Å². The Morgan fingerprint density at radius 3 is 1.45 bits per heavy atom. The third-order valence-electron chi connectivity index (χ3n) is 5.91. The Kier molecular flexibility index (Phi) is 27.1. The SMILES string of the molecule is C=C(C)C.C=C(C)C(CC)(CCC)CCC.CC(C)=O.CCc1ccc(C)cc1.CCc1ccccc1Br. The number of Topliss-reactive ketones (excluding diaryl/α,β-unsaturated/α-hetero) is 1. The topological polar surface area (TPSA) is 17.1 Å². The average molecular weight is 588 g/mol. The van der Waals surface area contributed by atoms with E-state index in [9.17, 15) is 4.79 Å². The first-order valence-electron chi connectivity index (χ1n) is 14.3. The summed E-state index contributed by atoms with van der Waals surface area (Å²) in [5, 5.41) is 0. The van der Waals surface area contributed by atoms with E-state index in [1.54, 1.807) is 0 Å². The van der Waals surface area contributed by atoms with Crippen LogP contribution in [0, 0.1) is 12.3 Å². The van der Waals surface area contributed by atoms with Gasteiger partial charge in [-0.1, -0.05) is 129 Å². The molecule has 0 N–H and O–H groups in total. The number of benzene rings is 2. The average Bonchev–Trinajstić information content (AvgIpc) is 2.84. The summed E-state index contributed by atoms with van der Waals surface area (Å²) in [4.78, 5) is 9.44.